The molecule has 4 rings (SSSR count). The second-order valence-electron chi connectivity index (χ2n) is 7.32. The highest BCUT2D eigenvalue weighted by Gasteiger charge is 2.17. The van der Waals surface area contributed by atoms with Crippen molar-refractivity contribution in [2.24, 2.45) is 5.73 Å². The van der Waals surface area contributed by atoms with E-state index in [1.54, 1.807) is 63.5 Å². The number of nitrogens with zero attached hydrogens (tertiary/aromatic N) is 4. The summed E-state index contributed by atoms with van der Waals surface area (Å²) < 4.78 is 11.8. The fourth-order valence-electron chi connectivity index (χ4n) is 3.00. The molecule has 0 saturated carbocycles. The van der Waals surface area contributed by atoms with E-state index in [1.165, 1.54) is 4.90 Å². The summed E-state index contributed by atoms with van der Waals surface area (Å²) in [6, 6.07) is 11.4. The standard InChI is InChI=1S/C22H20ClN7O3/c1-11-26-17-19(27-11)28-22(32-14-6-4-5-13(9-14)21(31)30(2)3)29-20(17)33-16-10-12(18(24)25)7-8-15(16)23/h4-10H,1-3H3,(H3,24,25)(H,26,27,28,29). The number of hydrogen-bond acceptors (Lipinski definition) is 7. The van der Waals surface area contributed by atoms with Gasteiger partial charge in [-0.1, -0.05) is 17.7 Å². The van der Waals surface area contributed by atoms with Gasteiger partial charge in [0.1, 0.15) is 28.7 Å². The van der Waals surface area contributed by atoms with Gasteiger partial charge in [0.05, 0.1) is 5.02 Å². The predicted molar refractivity (Wildman–Crippen MR) is 123 cm³/mol. The number of hydrogen-bond donors (Lipinski definition) is 3. The largest absolute Gasteiger partial charge is 0.435 e. The van der Waals surface area contributed by atoms with E-state index in [0.717, 1.165) is 0 Å². The quantitative estimate of drug-likeness (QED) is 0.289. The molecule has 10 nitrogen and oxygen atoms in total. The van der Waals surface area contributed by atoms with Crippen molar-refractivity contribution in [3.63, 3.8) is 0 Å². The van der Waals surface area contributed by atoms with Crippen LogP contribution in [0.15, 0.2) is 42.5 Å². The van der Waals surface area contributed by atoms with Crippen LogP contribution < -0.4 is 15.2 Å². The number of nitrogen functional groups attached to an aromatic ring is 1. The third-order valence-corrected chi connectivity index (χ3v) is 4.87. The van der Waals surface area contributed by atoms with E-state index in [4.69, 9.17) is 32.2 Å². The molecule has 4 N–H and O–H groups in total. The van der Waals surface area contributed by atoms with E-state index in [2.05, 4.69) is 19.9 Å². The molecule has 4 aromatic rings. The smallest absolute Gasteiger partial charge is 0.327 e. The van der Waals surface area contributed by atoms with E-state index < -0.39 is 0 Å². The number of nitrogens with two attached hydrogens (primary N) is 1. The highest BCUT2D eigenvalue weighted by Crippen LogP contribution is 2.34. The lowest BCUT2D eigenvalue weighted by Crippen LogP contribution is -2.21. The summed E-state index contributed by atoms with van der Waals surface area (Å²) in [6.07, 6.45) is 0. The molecule has 168 valence electrons. The molecule has 0 unspecified atom stereocenters. The van der Waals surface area contributed by atoms with Crippen LogP contribution >= 0.6 is 11.6 Å². The second-order valence-corrected chi connectivity index (χ2v) is 7.73. The van der Waals surface area contributed by atoms with Gasteiger partial charge >= 0.3 is 6.01 Å². The lowest BCUT2D eigenvalue weighted by molar-refractivity contribution is 0.0827. The zero-order chi connectivity index (χ0) is 23.7. The molecule has 2 heterocycles. The van der Waals surface area contributed by atoms with E-state index in [9.17, 15) is 4.79 Å². The van der Waals surface area contributed by atoms with Crippen LogP contribution in [0.1, 0.15) is 21.7 Å². The lowest BCUT2D eigenvalue weighted by Gasteiger charge is -2.12. The first-order valence-electron chi connectivity index (χ1n) is 9.77. The molecule has 0 saturated heterocycles. The van der Waals surface area contributed by atoms with Gasteiger partial charge in [0.25, 0.3) is 11.8 Å². The summed E-state index contributed by atoms with van der Waals surface area (Å²) >= 11 is 6.28. The number of carbonyl (C=O) groups excluding carboxylic acids is 1. The van der Waals surface area contributed by atoms with Crippen molar-refractivity contribution in [2.75, 3.05) is 14.1 Å². The van der Waals surface area contributed by atoms with Crippen molar-refractivity contribution in [1.82, 2.24) is 24.8 Å². The molecule has 33 heavy (non-hydrogen) atoms. The molecular formula is C22H20ClN7O3. The Hall–Kier alpha value is -4.18. The Balaban J connectivity index is 1.73. The van der Waals surface area contributed by atoms with Gasteiger partial charge in [-0.2, -0.15) is 9.97 Å². The van der Waals surface area contributed by atoms with Crippen LogP contribution in [0, 0.1) is 12.3 Å². The number of amides is 1. The highest BCUT2D eigenvalue weighted by molar-refractivity contribution is 6.32. The molecule has 0 atom stereocenters. The first-order valence-corrected chi connectivity index (χ1v) is 10.1. The SMILES string of the molecule is Cc1nc2nc(Oc3cccc(C(=O)N(C)C)c3)nc(Oc3cc(C(=N)N)ccc3Cl)c2[nH]1. The average Bonchev–Trinajstić information content (AvgIpc) is 3.15. The number of nitrogens with one attached hydrogen (secondary N) is 2. The molecule has 0 radical (unpaired) electrons. The molecular weight excluding hydrogens is 446 g/mol. The molecule has 0 spiro atoms. The molecule has 0 bridgehead atoms. The van der Waals surface area contributed by atoms with Crippen molar-refractivity contribution in [2.45, 2.75) is 6.92 Å². The monoisotopic (exact) mass is 465 g/mol. The van der Waals surface area contributed by atoms with Gasteiger partial charge in [0.2, 0.25) is 0 Å². The number of ether oxygens (including phenoxy) is 2. The Kier molecular flexibility index (Phi) is 5.84. The van der Waals surface area contributed by atoms with Crippen molar-refractivity contribution < 1.29 is 14.3 Å². The third kappa shape index (κ3) is 4.70. The van der Waals surface area contributed by atoms with E-state index in [1.807, 2.05) is 0 Å². The number of aryl methyl sites for hydroxylation is 1. The van der Waals surface area contributed by atoms with E-state index in [-0.39, 0.29) is 29.4 Å². The molecule has 0 aliphatic heterocycles. The number of fused-ring (bicyclic) bond motifs is 1. The number of H-pyrrole nitrogens is 1. The maximum Gasteiger partial charge on any atom is 0.327 e. The zero-order valence-electron chi connectivity index (χ0n) is 18.0. The Labute approximate surface area is 193 Å². The minimum absolute atomic E-state index is 0.0303. The second kappa shape index (κ2) is 8.75. The van der Waals surface area contributed by atoms with Crippen LogP contribution in [0.3, 0.4) is 0 Å². The Morgan fingerprint density at radius 2 is 1.88 bits per heavy atom. The Morgan fingerprint density at radius 1 is 1.09 bits per heavy atom. The van der Waals surface area contributed by atoms with Crippen molar-refractivity contribution >= 4 is 34.5 Å². The summed E-state index contributed by atoms with van der Waals surface area (Å²) in [7, 11) is 3.34. The highest BCUT2D eigenvalue weighted by atomic mass is 35.5. The van der Waals surface area contributed by atoms with Crippen LogP contribution in [0.4, 0.5) is 0 Å². The number of carbonyl (C=O) groups is 1. The fraction of sp³-hybridized carbons (Fsp3) is 0.136. The molecule has 0 aliphatic rings. The maximum atomic E-state index is 12.3. The predicted octanol–water partition coefficient (Wildman–Crippen LogP) is 3.89. The first kappa shape index (κ1) is 22.0. The normalized spacial score (nSPS) is 10.8. The van der Waals surface area contributed by atoms with Crippen LogP contribution in [0.5, 0.6) is 23.4 Å². The third-order valence-electron chi connectivity index (χ3n) is 4.56. The van der Waals surface area contributed by atoms with Gasteiger partial charge in [-0.25, -0.2) is 4.98 Å². The first-order chi connectivity index (χ1) is 15.7. The summed E-state index contributed by atoms with van der Waals surface area (Å²) in [4.78, 5) is 29.8. The van der Waals surface area contributed by atoms with Gasteiger partial charge < -0.3 is 25.1 Å². The van der Waals surface area contributed by atoms with Gasteiger partial charge in [-0.3, -0.25) is 10.2 Å². The zero-order valence-corrected chi connectivity index (χ0v) is 18.8. The Bertz CT molecular complexity index is 1380. The van der Waals surface area contributed by atoms with Crippen LogP contribution in [0.2, 0.25) is 5.02 Å². The van der Waals surface area contributed by atoms with E-state index >= 15 is 0 Å². The number of aromatic nitrogens is 4. The molecule has 0 fully saturated rings. The van der Waals surface area contributed by atoms with E-state index in [0.29, 0.717) is 38.9 Å². The van der Waals surface area contributed by atoms with Crippen LogP contribution in [-0.2, 0) is 0 Å². The molecule has 0 aliphatic carbocycles. The number of amidine groups is 1. The van der Waals surface area contributed by atoms with Gasteiger partial charge in [0, 0.05) is 25.2 Å². The molecule has 1 amide bonds. The summed E-state index contributed by atoms with van der Waals surface area (Å²) in [5.41, 5.74) is 7.25. The number of imidazole rings is 1. The van der Waals surface area contributed by atoms with Crippen molar-refractivity contribution in [3.8, 4) is 23.4 Å². The topological polar surface area (TPSA) is 143 Å². The number of halogens is 1. The van der Waals surface area contributed by atoms with Gasteiger partial charge in [-0.05, 0) is 43.3 Å². The summed E-state index contributed by atoms with van der Waals surface area (Å²) in [5, 5.41) is 7.95. The summed E-state index contributed by atoms with van der Waals surface area (Å²) in [6.45, 7) is 1.77. The lowest BCUT2D eigenvalue weighted by atomic mass is 10.2. The van der Waals surface area contributed by atoms with Crippen molar-refractivity contribution in [1.29, 1.82) is 5.41 Å². The van der Waals surface area contributed by atoms with Crippen LogP contribution in [0.25, 0.3) is 11.2 Å². The van der Waals surface area contributed by atoms with Gasteiger partial charge in [-0.15, -0.1) is 0 Å². The fourth-order valence-corrected chi connectivity index (χ4v) is 3.15. The van der Waals surface area contributed by atoms with Crippen LogP contribution in [-0.4, -0.2) is 50.7 Å². The minimum atomic E-state index is -0.163. The molecule has 11 heteroatoms. The molecule has 2 aromatic heterocycles. The maximum absolute atomic E-state index is 12.3. The van der Waals surface area contributed by atoms with Crippen molar-refractivity contribution in [3.05, 3.63) is 64.4 Å². The number of benzene rings is 2. The summed E-state index contributed by atoms with van der Waals surface area (Å²) in [5.74, 6) is 1.06. The average molecular weight is 466 g/mol. The molecule has 2 aromatic carbocycles. The minimum Gasteiger partial charge on any atom is -0.435 e. The number of aromatic amines is 1. The van der Waals surface area contributed by atoms with Gasteiger partial charge in [0.15, 0.2) is 5.65 Å². The Morgan fingerprint density at radius 3 is 2.61 bits per heavy atom. The number of rotatable bonds is 6.